The molecule has 4 rings (SSSR count). The molecule has 0 radical (unpaired) electrons. The molecule has 1 saturated heterocycles. The van der Waals surface area contributed by atoms with Crippen LogP contribution < -0.4 is 5.56 Å². The maximum absolute atomic E-state index is 12.7. The first-order valence-corrected chi connectivity index (χ1v) is 10.1. The number of hydrogen-bond donors (Lipinski definition) is 1. The largest absolute Gasteiger partial charge is 0.365 e. The van der Waals surface area contributed by atoms with Crippen LogP contribution in [-0.4, -0.2) is 64.8 Å². The second-order valence-electron chi connectivity index (χ2n) is 7.62. The van der Waals surface area contributed by atoms with Gasteiger partial charge in [0.25, 0.3) is 5.91 Å². The van der Waals surface area contributed by atoms with Crippen LogP contribution in [0.3, 0.4) is 0 Å². The topological polar surface area (TPSA) is 90.4 Å². The molecule has 1 aromatic carbocycles. The molecule has 3 heterocycles. The molecule has 156 valence electrons. The highest BCUT2D eigenvalue weighted by atomic mass is 16.7. The molecule has 0 saturated carbocycles. The van der Waals surface area contributed by atoms with Gasteiger partial charge in [-0.3, -0.25) is 9.59 Å². The Bertz CT molecular complexity index is 1020. The quantitative estimate of drug-likeness (QED) is 0.843. The first kappa shape index (κ1) is 20.0. The summed E-state index contributed by atoms with van der Waals surface area (Å²) in [6.45, 7) is 5.53. The van der Waals surface area contributed by atoms with Crippen molar-refractivity contribution in [2.45, 2.75) is 31.8 Å². The van der Waals surface area contributed by atoms with Gasteiger partial charge in [-0.25, -0.2) is 9.98 Å². The van der Waals surface area contributed by atoms with Crippen LogP contribution in [0.15, 0.2) is 63.3 Å². The number of carbonyl (C=O) groups excluding carboxylic acids is 1. The van der Waals surface area contributed by atoms with Crippen LogP contribution in [-0.2, 0) is 4.84 Å². The summed E-state index contributed by atoms with van der Waals surface area (Å²) in [6, 6.07) is 15.0. The minimum atomic E-state index is -0.286. The standard InChI is InChI=1S/C22H25N5O3/c1-15-14-26(11-12-27(15)21(29)19-9-6-10-20(28)25-19)30-22-23-13-18(16(2)24-22)17-7-4-3-5-8-17/h3-10,13,15-16,18H,11-12,14H2,1-2H3,(H,25,28). The van der Waals surface area contributed by atoms with E-state index in [9.17, 15) is 9.59 Å². The Balaban J connectivity index is 1.36. The molecule has 1 fully saturated rings. The van der Waals surface area contributed by atoms with Crippen molar-refractivity contribution in [2.75, 3.05) is 19.6 Å². The molecule has 0 bridgehead atoms. The fourth-order valence-electron chi connectivity index (χ4n) is 3.80. The molecule has 2 aliphatic rings. The van der Waals surface area contributed by atoms with Crippen molar-refractivity contribution in [1.82, 2.24) is 14.9 Å². The average Bonchev–Trinajstić information content (AvgIpc) is 2.74. The van der Waals surface area contributed by atoms with E-state index in [1.165, 1.54) is 11.6 Å². The number of aliphatic imine (C=N–C) groups is 2. The smallest absolute Gasteiger partial charge is 0.331 e. The summed E-state index contributed by atoms with van der Waals surface area (Å²) >= 11 is 0. The van der Waals surface area contributed by atoms with E-state index >= 15 is 0 Å². The number of amidine groups is 1. The Morgan fingerprint density at radius 2 is 1.90 bits per heavy atom. The van der Waals surface area contributed by atoms with Crippen LogP contribution in [0, 0.1) is 0 Å². The Kier molecular flexibility index (Phi) is 5.76. The molecule has 2 aromatic rings. The van der Waals surface area contributed by atoms with Gasteiger partial charge in [0.05, 0.1) is 19.1 Å². The zero-order chi connectivity index (χ0) is 21.1. The minimum Gasteiger partial charge on any atom is -0.365 e. The first-order valence-electron chi connectivity index (χ1n) is 10.1. The van der Waals surface area contributed by atoms with Crippen LogP contribution in [0.25, 0.3) is 0 Å². The number of aromatic amines is 1. The number of hydrogen-bond acceptors (Lipinski definition) is 6. The van der Waals surface area contributed by atoms with Crippen molar-refractivity contribution < 1.29 is 9.63 Å². The van der Waals surface area contributed by atoms with Gasteiger partial charge in [-0.15, -0.1) is 5.06 Å². The van der Waals surface area contributed by atoms with Crippen molar-refractivity contribution in [3.05, 3.63) is 70.1 Å². The zero-order valence-corrected chi connectivity index (χ0v) is 17.1. The molecule has 1 N–H and O–H groups in total. The van der Waals surface area contributed by atoms with E-state index in [2.05, 4.69) is 27.1 Å². The summed E-state index contributed by atoms with van der Waals surface area (Å²) in [5.74, 6) is -0.0628. The maximum Gasteiger partial charge on any atom is 0.331 e. The van der Waals surface area contributed by atoms with E-state index in [-0.39, 0.29) is 29.5 Å². The third-order valence-corrected chi connectivity index (χ3v) is 5.42. The first-order chi connectivity index (χ1) is 14.5. The normalized spacial score (nSPS) is 24.4. The lowest BCUT2D eigenvalue weighted by atomic mass is 9.93. The second-order valence-corrected chi connectivity index (χ2v) is 7.62. The highest BCUT2D eigenvalue weighted by Crippen LogP contribution is 2.23. The maximum atomic E-state index is 12.7. The Morgan fingerprint density at radius 1 is 1.10 bits per heavy atom. The van der Waals surface area contributed by atoms with Gasteiger partial charge in [-0.2, -0.15) is 0 Å². The molecule has 0 aliphatic carbocycles. The van der Waals surface area contributed by atoms with Gasteiger partial charge in [0, 0.05) is 30.8 Å². The summed E-state index contributed by atoms with van der Waals surface area (Å²) in [7, 11) is 0. The molecule has 3 atom stereocenters. The number of rotatable bonds is 3. The lowest BCUT2D eigenvalue weighted by Gasteiger charge is -2.38. The number of carbonyl (C=O) groups is 1. The van der Waals surface area contributed by atoms with Crippen molar-refractivity contribution in [2.24, 2.45) is 9.98 Å². The predicted molar refractivity (Wildman–Crippen MR) is 115 cm³/mol. The van der Waals surface area contributed by atoms with Crippen LogP contribution in [0.5, 0.6) is 0 Å². The molecule has 2 aliphatic heterocycles. The van der Waals surface area contributed by atoms with Gasteiger partial charge in [0.15, 0.2) is 0 Å². The van der Waals surface area contributed by atoms with Crippen LogP contribution in [0.4, 0.5) is 0 Å². The number of nitrogens with one attached hydrogen (secondary N) is 1. The number of H-pyrrole nitrogens is 1. The van der Waals surface area contributed by atoms with Gasteiger partial charge in [0.1, 0.15) is 5.69 Å². The van der Waals surface area contributed by atoms with Crippen LogP contribution in [0.2, 0.25) is 0 Å². The van der Waals surface area contributed by atoms with Gasteiger partial charge in [0.2, 0.25) is 5.56 Å². The fraction of sp³-hybridized carbons (Fsp3) is 0.364. The van der Waals surface area contributed by atoms with E-state index in [1.807, 2.05) is 38.3 Å². The molecule has 1 aromatic heterocycles. The third kappa shape index (κ3) is 4.33. The lowest BCUT2D eigenvalue weighted by Crippen LogP contribution is -2.54. The van der Waals surface area contributed by atoms with E-state index in [0.29, 0.717) is 31.3 Å². The SMILES string of the molecule is CC1N=C(ON2CCN(C(=O)c3cccc(=O)[nH]3)C(C)C2)N=CC1c1ccccc1. The third-order valence-electron chi connectivity index (χ3n) is 5.42. The van der Waals surface area contributed by atoms with Crippen LogP contribution in [0.1, 0.15) is 35.8 Å². The molecule has 0 spiro atoms. The summed E-state index contributed by atoms with van der Waals surface area (Å²) in [6.07, 6.45) is 1.89. The molecule has 30 heavy (non-hydrogen) atoms. The second kappa shape index (κ2) is 8.62. The number of benzene rings is 1. The molecular weight excluding hydrogens is 382 g/mol. The van der Waals surface area contributed by atoms with Crippen molar-refractivity contribution in [1.29, 1.82) is 0 Å². The molecule has 8 heteroatoms. The summed E-state index contributed by atoms with van der Waals surface area (Å²) in [4.78, 5) is 43.5. The number of pyridine rings is 1. The Hall–Kier alpha value is -3.26. The van der Waals surface area contributed by atoms with E-state index in [4.69, 9.17) is 4.84 Å². The van der Waals surface area contributed by atoms with Crippen molar-refractivity contribution >= 4 is 18.1 Å². The number of hydroxylamine groups is 2. The molecule has 8 nitrogen and oxygen atoms in total. The summed E-state index contributed by atoms with van der Waals surface area (Å²) < 4.78 is 0. The fourth-order valence-corrected chi connectivity index (χ4v) is 3.80. The summed E-state index contributed by atoms with van der Waals surface area (Å²) in [5.41, 5.74) is 1.19. The molecule has 1 amide bonds. The van der Waals surface area contributed by atoms with Gasteiger partial charge < -0.3 is 14.7 Å². The monoisotopic (exact) mass is 407 g/mol. The van der Waals surface area contributed by atoms with Crippen LogP contribution >= 0.6 is 0 Å². The lowest BCUT2D eigenvalue weighted by molar-refractivity contribution is -0.111. The Morgan fingerprint density at radius 3 is 2.60 bits per heavy atom. The zero-order valence-electron chi connectivity index (χ0n) is 17.1. The van der Waals surface area contributed by atoms with E-state index in [0.717, 1.165) is 0 Å². The van der Waals surface area contributed by atoms with E-state index < -0.39 is 0 Å². The van der Waals surface area contributed by atoms with Crippen molar-refractivity contribution in [3.63, 3.8) is 0 Å². The van der Waals surface area contributed by atoms with Gasteiger partial charge >= 0.3 is 6.02 Å². The number of nitrogens with zero attached hydrogens (tertiary/aromatic N) is 4. The summed E-state index contributed by atoms with van der Waals surface area (Å²) in [5, 5.41) is 1.79. The molecule has 3 unspecified atom stereocenters. The number of amides is 1. The minimum absolute atomic E-state index is 0.0232. The van der Waals surface area contributed by atoms with E-state index in [1.54, 1.807) is 22.1 Å². The van der Waals surface area contributed by atoms with Gasteiger partial charge in [-0.1, -0.05) is 36.4 Å². The highest BCUT2D eigenvalue weighted by Gasteiger charge is 2.31. The molecular formula is C22H25N5O3. The average molecular weight is 407 g/mol. The number of piperazine rings is 1. The van der Waals surface area contributed by atoms with Crippen molar-refractivity contribution in [3.8, 4) is 0 Å². The van der Waals surface area contributed by atoms with Gasteiger partial charge in [-0.05, 0) is 25.5 Å². The highest BCUT2D eigenvalue weighted by molar-refractivity contribution is 5.92. The Labute approximate surface area is 174 Å². The predicted octanol–water partition coefficient (Wildman–Crippen LogP) is 2.07. The number of aromatic nitrogens is 1.